The fourth-order valence-corrected chi connectivity index (χ4v) is 7.58. The fraction of sp³-hybridized carbons (Fsp3) is 0.143. The van der Waals surface area contributed by atoms with Crippen LogP contribution in [0, 0.1) is 6.92 Å². The van der Waals surface area contributed by atoms with Crippen LogP contribution in [0.25, 0.3) is 0 Å². The molecule has 0 heterocycles. The van der Waals surface area contributed by atoms with Crippen molar-refractivity contribution in [1.82, 2.24) is 0 Å². The van der Waals surface area contributed by atoms with E-state index in [-0.39, 0.29) is 0 Å². The Bertz CT molecular complexity index is 403. The topological polar surface area (TPSA) is 0 Å². The second kappa shape index (κ2) is 5.46. The van der Waals surface area contributed by atoms with Crippen molar-refractivity contribution in [2.45, 2.75) is 10.9 Å². The van der Waals surface area contributed by atoms with Crippen LogP contribution in [0.3, 0.4) is 0 Å². The molecule has 0 bridgehead atoms. The van der Waals surface area contributed by atoms with Crippen LogP contribution in [0.1, 0.15) is 11.1 Å². The third-order valence-electron chi connectivity index (χ3n) is 2.67. The molecule has 0 aliphatic carbocycles. The van der Waals surface area contributed by atoms with Gasteiger partial charge in [-0.25, -0.2) is 0 Å². The Balaban J connectivity index is 1.96. The van der Waals surface area contributed by atoms with Crippen molar-refractivity contribution >= 4 is 3.07 Å². The van der Waals surface area contributed by atoms with E-state index in [1.54, 1.807) is 3.07 Å². The standard InChI is InChI=1S/C8H9.C6H5.Hg/c1-7-3-5-8(2)6-4-7;1-2-4-6-5-3-1;/h3-6H,1H2,2H3;1-5H;. The van der Waals surface area contributed by atoms with E-state index in [4.69, 9.17) is 0 Å². The molecule has 0 nitrogen and oxygen atoms in total. The van der Waals surface area contributed by atoms with Gasteiger partial charge in [-0.2, -0.15) is 0 Å². The second-order valence-electron chi connectivity index (χ2n) is 3.97. The molecular weight excluding hydrogens is 369 g/mol. The average Bonchev–Trinajstić information content (AvgIpc) is 2.30. The van der Waals surface area contributed by atoms with Crippen LogP contribution in [0.4, 0.5) is 0 Å². The molecule has 0 radical (unpaired) electrons. The van der Waals surface area contributed by atoms with E-state index in [2.05, 4.69) is 61.5 Å². The van der Waals surface area contributed by atoms with E-state index < -0.39 is 24.6 Å². The SMILES string of the molecule is Cc1ccc([CH2][Hg][c]2ccccc2)cc1. The van der Waals surface area contributed by atoms with E-state index in [0.29, 0.717) is 0 Å². The van der Waals surface area contributed by atoms with Gasteiger partial charge < -0.3 is 0 Å². The van der Waals surface area contributed by atoms with Crippen LogP contribution in [0.5, 0.6) is 0 Å². The molecular formula is C14H14Hg. The van der Waals surface area contributed by atoms with Crippen LogP contribution in [0.2, 0.25) is 0 Å². The summed E-state index contributed by atoms with van der Waals surface area (Å²) in [5.41, 5.74) is 2.88. The van der Waals surface area contributed by atoms with Gasteiger partial charge in [-0.15, -0.1) is 0 Å². The van der Waals surface area contributed by atoms with Gasteiger partial charge in [-0.3, -0.25) is 0 Å². The fourth-order valence-electron chi connectivity index (χ4n) is 1.69. The molecule has 1 heteroatoms. The minimum absolute atomic E-state index is 0.872. The third-order valence-corrected chi connectivity index (χ3v) is 9.96. The normalized spacial score (nSPS) is 9.67. The summed E-state index contributed by atoms with van der Waals surface area (Å²) in [5, 5.41) is 0. The zero-order valence-electron chi connectivity index (χ0n) is 9.11. The Labute approximate surface area is 104 Å². The molecule has 0 N–H and O–H groups in total. The molecule has 0 aliphatic rings. The summed E-state index contributed by atoms with van der Waals surface area (Å²) >= 11 is -0.872. The first-order valence-corrected chi connectivity index (χ1v) is 12.1. The predicted molar refractivity (Wildman–Crippen MR) is 61.0 cm³/mol. The number of hydrogen-bond donors (Lipinski definition) is 0. The van der Waals surface area contributed by atoms with Gasteiger partial charge in [0.05, 0.1) is 0 Å². The first kappa shape index (κ1) is 10.9. The Morgan fingerprint density at radius 2 is 1.53 bits per heavy atom. The summed E-state index contributed by atoms with van der Waals surface area (Å²) in [6, 6.07) is 20.0. The quantitative estimate of drug-likeness (QED) is 0.716. The van der Waals surface area contributed by atoms with Gasteiger partial charge in [-0.1, -0.05) is 0 Å². The van der Waals surface area contributed by atoms with Gasteiger partial charge in [-0.05, 0) is 0 Å². The predicted octanol–water partition coefficient (Wildman–Crippen LogP) is 2.90. The first-order chi connectivity index (χ1) is 7.34. The van der Waals surface area contributed by atoms with Crippen molar-refractivity contribution in [3.63, 3.8) is 0 Å². The summed E-state index contributed by atoms with van der Waals surface area (Å²) in [5.74, 6) is 0. The molecule has 0 spiro atoms. The monoisotopic (exact) mass is 384 g/mol. The van der Waals surface area contributed by atoms with E-state index in [1.165, 1.54) is 15.1 Å². The van der Waals surface area contributed by atoms with Crippen molar-refractivity contribution < 1.29 is 24.6 Å². The Hall–Kier alpha value is -0.625. The molecule has 2 rings (SSSR count). The average molecular weight is 383 g/mol. The zero-order valence-corrected chi connectivity index (χ0v) is 14.6. The van der Waals surface area contributed by atoms with Crippen LogP contribution in [-0.2, 0) is 28.5 Å². The number of aryl methyl sites for hydroxylation is 1. The van der Waals surface area contributed by atoms with E-state index in [9.17, 15) is 0 Å². The van der Waals surface area contributed by atoms with Gasteiger partial charge in [0.15, 0.2) is 0 Å². The first-order valence-electron chi connectivity index (χ1n) is 5.44. The minimum atomic E-state index is -0.872. The summed E-state index contributed by atoms with van der Waals surface area (Å²) in [6.45, 7) is 2.14. The molecule has 2 aromatic carbocycles. The molecule has 0 aliphatic heterocycles. The van der Waals surface area contributed by atoms with Crippen molar-refractivity contribution in [2.24, 2.45) is 0 Å². The van der Waals surface area contributed by atoms with Crippen LogP contribution in [-0.4, -0.2) is 0 Å². The summed E-state index contributed by atoms with van der Waals surface area (Å²) in [4.78, 5) is 0. The second-order valence-corrected chi connectivity index (χ2v) is 11.0. The Kier molecular flexibility index (Phi) is 3.96. The molecule has 72 valence electrons. The number of benzene rings is 2. The van der Waals surface area contributed by atoms with Crippen molar-refractivity contribution in [3.8, 4) is 0 Å². The van der Waals surface area contributed by atoms with Gasteiger partial charge >= 0.3 is 104 Å². The van der Waals surface area contributed by atoms with Gasteiger partial charge in [0, 0.05) is 0 Å². The number of hydrogen-bond acceptors (Lipinski definition) is 0. The maximum atomic E-state index is 2.29. The van der Waals surface area contributed by atoms with Gasteiger partial charge in [0.2, 0.25) is 0 Å². The molecule has 0 saturated heterocycles. The van der Waals surface area contributed by atoms with Gasteiger partial charge in [0.25, 0.3) is 0 Å². The number of rotatable bonds is 3. The molecule has 0 saturated carbocycles. The zero-order chi connectivity index (χ0) is 10.5. The van der Waals surface area contributed by atoms with E-state index >= 15 is 0 Å². The van der Waals surface area contributed by atoms with Crippen molar-refractivity contribution in [3.05, 3.63) is 65.7 Å². The van der Waals surface area contributed by atoms with Crippen LogP contribution < -0.4 is 3.07 Å². The molecule has 0 unspecified atom stereocenters. The molecule has 15 heavy (non-hydrogen) atoms. The van der Waals surface area contributed by atoms with Crippen molar-refractivity contribution in [2.75, 3.05) is 0 Å². The summed E-state index contributed by atoms with van der Waals surface area (Å²) < 4.78 is 2.99. The molecule has 0 atom stereocenters. The Morgan fingerprint density at radius 1 is 0.867 bits per heavy atom. The molecule has 2 aromatic rings. The summed E-state index contributed by atoms with van der Waals surface area (Å²) in [7, 11) is 0. The summed E-state index contributed by atoms with van der Waals surface area (Å²) in [6.07, 6.45) is 0. The van der Waals surface area contributed by atoms with Gasteiger partial charge in [0.1, 0.15) is 0 Å². The maximum absolute atomic E-state index is 2.29. The molecule has 0 amide bonds. The van der Waals surface area contributed by atoms with E-state index in [0.717, 1.165) is 0 Å². The van der Waals surface area contributed by atoms with Crippen molar-refractivity contribution in [1.29, 1.82) is 0 Å². The van der Waals surface area contributed by atoms with Crippen LogP contribution >= 0.6 is 0 Å². The van der Waals surface area contributed by atoms with Crippen LogP contribution in [0.15, 0.2) is 54.6 Å². The Morgan fingerprint density at radius 3 is 2.20 bits per heavy atom. The molecule has 0 aromatic heterocycles. The van der Waals surface area contributed by atoms with E-state index in [1.807, 2.05) is 0 Å². The third kappa shape index (κ3) is 3.46. The molecule has 0 fully saturated rings.